The molecule has 9 atom stereocenters. The van der Waals surface area contributed by atoms with Crippen molar-refractivity contribution in [3.63, 3.8) is 0 Å². The van der Waals surface area contributed by atoms with E-state index in [2.05, 4.69) is 19.2 Å². The van der Waals surface area contributed by atoms with Gasteiger partial charge in [0.2, 0.25) is 5.91 Å². The van der Waals surface area contributed by atoms with E-state index in [0.717, 1.165) is 44.9 Å². The van der Waals surface area contributed by atoms with Gasteiger partial charge in [-0.2, -0.15) is 0 Å². The zero-order valence-corrected chi connectivity index (χ0v) is 29.7. The Morgan fingerprint density at radius 1 is 0.702 bits per heavy atom. The number of unbranched alkanes of at least 4 members (excludes halogenated alkanes) is 17. The second-order valence-electron chi connectivity index (χ2n) is 13.1. The molecule has 0 bridgehead atoms. The first-order valence-electron chi connectivity index (χ1n) is 18.1. The maximum absolute atomic E-state index is 12.7. The molecule has 0 radical (unpaired) electrons. The van der Waals surface area contributed by atoms with Gasteiger partial charge in [0.1, 0.15) is 36.6 Å². The molecule has 0 aliphatic heterocycles. The first-order valence-corrected chi connectivity index (χ1v) is 19.6. The van der Waals surface area contributed by atoms with Crippen LogP contribution in [0.2, 0.25) is 0 Å². The number of nitrogens with one attached hydrogen (secondary N) is 1. The minimum atomic E-state index is -5.06. The largest absolute Gasteiger partial charge is 0.472 e. The Morgan fingerprint density at radius 2 is 1.13 bits per heavy atom. The van der Waals surface area contributed by atoms with Gasteiger partial charge in [0.05, 0.1) is 18.8 Å². The van der Waals surface area contributed by atoms with Crippen LogP contribution in [0.3, 0.4) is 0 Å². The second kappa shape index (κ2) is 26.0. The van der Waals surface area contributed by atoms with Gasteiger partial charge in [0, 0.05) is 6.42 Å². The van der Waals surface area contributed by atoms with Crippen LogP contribution in [0.1, 0.15) is 142 Å². The number of rotatable bonds is 28. The number of amides is 1. The van der Waals surface area contributed by atoms with Gasteiger partial charge in [-0.3, -0.25) is 13.8 Å². The minimum Gasteiger partial charge on any atom is -0.387 e. The Hall–Kier alpha value is -0.920. The topological polar surface area (TPSA) is 206 Å². The third-order valence-corrected chi connectivity index (χ3v) is 9.80. The van der Waals surface area contributed by atoms with Crippen LogP contribution in [0.5, 0.6) is 0 Å². The van der Waals surface area contributed by atoms with Crippen LogP contribution in [0.15, 0.2) is 12.2 Å². The quantitative estimate of drug-likeness (QED) is 0.0324. The van der Waals surface area contributed by atoms with Crippen molar-refractivity contribution in [2.24, 2.45) is 0 Å². The molecule has 0 aromatic rings. The minimum absolute atomic E-state index is 0.215. The lowest BCUT2D eigenvalue weighted by molar-refractivity contribution is -0.220. The summed E-state index contributed by atoms with van der Waals surface area (Å²) in [6.45, 7) is 3.74. The van der Waals surface area contributed by atoms with Crippen molar-refractivity contribution in [3.05, 3.63) is 12.2 Å². The number of carbonyl (C=O) groups is 1. The molecule has 1 aliphatic carbocycles. The van der Waals surface area contributed by atoms with E-state index < -0.39 is 63.2 Å². The van der Waals surface area contributed by atoms with Crippen molar-refractivity contribution < 1.29 is 53.9 Å². The van der Waals surface area contributed by atoms with E-state index in [9.17, 15) is 44.9 Å². The standard InChI is InChI=1S/C34H66NO11P/c1-3-5-7-9-11-13-14-16-17-19-21-23-27(36)26(35-28(37)24-22-20-18-15-12-10-8-6-4-2)25-45-47(43,44)46-34-32(41)30(39)29(38)31(40)33(34)42/h21,23,26-27,29-34,36,38-42H,3-20,22,24-25H2,1-2H3,(H,35,37)(H,43,44)/b23-21+/t26-,27+,29?,30+,31?,32?,33?,34?/m0/s1. The summed E-state index contributed by atoms with van der Waals surface area (Å²) in [6.07, 6.45) is 11.8. The molecule has 8 N–H and O–H groups in total. The average molecular weight is 696 g/mol. The summed E-state index contributed by atoms with van der Waals surface area (Å²) in [5.41, 5.74) is 0. The normalized spacial score (nSPS) is 25.9. The van der Waals surface area contributed by atoms with Gasteiger partial charge >= 0.3 is 7.82 Å². The number of hydrogen-bond donors (Lipinski definition) is 8. The molecule has 47 heavy (non-hydrogen) atoms. The van der Waals surface area contributed by atoms with E-state index in [1.807, 2.05) is 6.08 Å². The highest BCUT2D eigenvalue weighted by molar-refractivity contribution is 7.47. The van der Waals surface area contributed by atoms with Gasteiger partial charge in [0.15, 0.2) is 0 Å². The highest BCUT2D eigenvalue weighted by Crippen LogP contribution is 2.47. The molecule has 0 saturated heterocycles. The molecule has 1 amide bonds. The fourth-order valence-electron chi connectivity index (χ4n) is 5.72. The molecule has 1 saturated carbocycles. The number of allylic oxidation sites excluding steroid dienone is 1. The lowest BCUT2D eigenvalue weighted by Gasteiger charge is -2.41. The maximum Gasteiger partial charge on any atom is 0.472 e. The first-order chi connectivity index (χ1) is 22.4. The summed E-state index contributed by atoms with van der Waals surface area (Å²) < 4.78 is 22.7. The third kappa shape index (κ3) is 19.2. The van der Waals surface area contributed by atoms with Crippen molar-refractivity contribution in [1.82, 2.24) is 5.32 Å². The number of aliphatic hydroxyl groups excluding tert-OH is 6. The molecule has 13 heteroatoms. The molecule has 0 spiro atoms. The molecule has 12 nitrogen and oxygen atoms in total. The number of phosphoric ester groups is 1. The Morgan fingerprint density at radius 3 is 1.62 bits per heavy atom. The Balaban J connectivity index is 2.66. The van der Waals surface area contributed by atoms with Crippen molar-refractivity contribution in [1.29, 1.82) is 0 Å². The summed E-state index contributed by atoms with van der Waals surface area (Å²) in [6, 6.07) is -1.11. The highest BCUT2D eigenvalue weighted by Gasteiger charge is 2.51. The number of phosphoric acid groups is 1. The number of carbonyl (C=O) groups excluding carboxylic acids is 1. The van der Waals surface area contributed by atoms with Crippen LogP contribution in [0.25, 0.3) is 0 Å². The van der Waals surface area contributed by atoms with Gasteiger partial charge in [-0.15, -0.1) is 0 Å². The van der Waals surface area contributed by atoms with Crippen LogP contribution >= 0.6 is 7.82 Å². The Labute approximate surface area is 282 Å². The lowest BCUT2D eigenvalue weighted by atomic mass is 9.85. The van der Waals surface area contributed by atoms with Crippen LogP contribution in [-0.4, -0.2) is 96.8 Å². The van der Waals surface area contributed by atoms with Gasteiger partial charge in [-0.25, -0.2) is 4.57 Å². The van der Waals surface area contributed by atoms with Gasteiger partial charge in [-0.05, 0) is 19.3 Å². The van der Waals surface area contributed by atoms with E-state index >= 15 is 0 Å². The predicted molar refractivity (Wildman–Crippen MR) is 181 cm³/mol. The number of aliphatic hydroxyl groups is 6. The molecule has 278 valence electrons. The monoisotopic (exact) mass is 695 g/mol. The molecular formula is C34H66NO11P. The van der Waals surface area contributed by atoms with Crippen molar-refractivity contribution in [3.8, 4) is 0 Å². The van der Waals surface area contributed by atoms with Crippen LogP contribution in [-0.2, 0) is 18.4 Å². The van der Waals surface area contributed by atoms with E-state index in [1.165, 1.54) is 76.7 Å². The second-order valence-corrected chi connectivity index (χ2v) is 14.5. The molecular weight excluding hydrogens is 629 g/mol. The van der Waals surface area contributed by atoms with Gasteiger partial charge in [0.25, 0.3) is 0 Å². The summed E-state index contributed by atoms with van der Waals surface area (Å²) >= 11 is 0. The Bertz CT molecular complexity index is 863. The highest BCUT2D eigenvalue weighted by atomic mass is 31.2. The van der Waals surface area contributed by atoms with E-state index in [4.69, 9.17) is 9.05 Å². The summed E-state index contributed by atoms with van der Waals surface area (Å²) in [5, 5.41) is 63.4. The zero-order valence-electron chi connectivity index (χ0n) is 28.8. The fourth-order valence-corrected chi connectivity index (χ4v) is 6.69. The number of hydrogen-bond acceptors (Lipinski definition) is 10. The summed E-state index contributed by atoms with van der Waals surface area (Å²) in [7, 11) is -5.06. The SMILES string of the molecule is CCCCCCCCCCC/C=C/[C@@H](O)[C@H](COP(=O)(O)OC1C(O)C(O)C(O)[C@@H](O)C1O)NC(=O)CCCCCCCCCCC. The maximum atomic E-state index is 12.7. The van der Waals surface area contributed by atoms with Crippen LogP contribution in [0.4, 0.5) is 0 Å². The summed E-state index contributed by atoms with van der Waals surface area (Å²) in [4.78, 5) is 23.1. The van der Waals surface area contributed by atoms with E-state index in [1.54, 1.807) is 0 Å². The predicted octanol–water partition coefficient (Wildman–Crippen LogP) is 4.55. The molecule has 0 aromatic heterocycles. The van der Waals surface area contributed by atoms with Gasteiger partial charge < -0.3 is 40.8 Å². The molecule has 0 heterocycles. The smallest absolute Gasteiger partial charge is 0.387 e. The Kier molecular flexibility index (Phi) is 24.4. The van der Waals surface area contributed by atoms with Gasteiger partial charge in [-0.1, -0.05) is 129 Å². The first kappa shape index (κ1) is 44.1. The molecule has 6 unspecified atom stereocenters. The lowest BCUT2D eigenvalue weighted by Crippen LogP contribution is -2.64. The average Bonchev–Trinajstić information content (AvgIpc) is 3.04. The van der Waals surface area contributed by atoms with Crippen molar-refractivity contribution in [2.75, 3.05) is 6.61 Å². The molecule has 1 fully saturated rings. The molecule has 1 rings (SSSR count). The van der Waals surface area contributed by atoms with Crippen molar-refractivity contribution in [2.45, 2.75) is 191 Å². The molecule has 0 aromatic carbocycles. The zero-order chi connectivity index (χ0) is 35.1. The fraction of sp³-hybridized carbons (Fsp3) is 0.912. The summed E-state index contributed by atoms with van der Waals surface area (Å²) in [5.74, 6) is -0.347. The van der Waals surface area contributed by atoms with E-state index in [0.29, 0.717) is 6.42 Å². The van der Waals surface area contributed by atoms with Crippen LogP contribution in [0, 0.1) is 0 Å². The van der Waals surface area contributed by atoms with Crippen molar-refractivity contribution >= 4 is 13.7 Å². The third-order valence-electron chi connectivity index (χ3n) is 8.82. The molecule has 1 aliphatic rings. The van der Waals surface area contributed by atoms with E-state index in [-0.39, 0.29) is 12.3 Å². The van der Waals surface area contributed by atoms with Crippen LogP contribution < -0.4 is 5.32 Å².